The summed E-state index contributed by atoms with van der Waals surface area (Å²) < 4.78 is 0. The molecule has 1 fully saturated rings. The predicted octanol–water partition coefficient (Wildman–Crippen LogP) is 1.73. The van der Waals surface area contributed by atoms with Gasteiger partial charge in [0.1, 0.15) is 0 Å². The van der Waals surface area contributed by atoms with Crippen LogP contribution in [0.1, 0.15) is 25.8 Å². The molecule has 1 aromatic carbocycles. The molecule has 1 aliphatic heterocycles. The van der Waals surface area contributed by atoms with Gasteiger partial charge in [-0.05, 0) is 29.5 Å². The van der Waals surface area contributed by atoms with Crippen LogP contribution in [0, 0.1) is 15.5 Å². The zero-order valence-corrected chi connectivity index (χ0v) is 10.1. The molecule has 0 bridgehead atoms. The second-order valence-electron chi connectivity index (χ2n) is 5.47. The molecule has 1 saturated heterocycles. The lowest BCUT2D eigenvalue weighted by molar-refractivity contribution is -0.384. The second-order valence-corrected chi connectivity index (χ2v) is 5.47. The lowest BCUT2D eigenvalue weighted by atomic mass is 9.85. The summed E-state index contributed by atoms with van der Waals surface area (Å²) in [6.45, 7) is 5.15. The highest BCUT2D eigenvalue weighted by Gasteiger charge is 2.41. The highest BCUT2D eigenvalue weighted by Crippen LogP contribution is 2.37. The molecule has 3 N–H and O–H groups in total. The third-order valence-electron chi connectivity index (χ3n) is 3.23. The number of hydrogen-bond donors (Lipinski definition) is 2. The van der Waals surface area contributed by atoms with Crippen molar-refractivity contribution in [1.82, 2.24) is 5.32 Å². The number of nitrogens with zero attached hydrogens (tertiary/aromatic N) is 1. The summed E-state index contributed by atoms with van der Waals surface area (Å²) in [7, 11) is 0. The first kappa shape index (κ1) is 12.0. The number of nitro benzene ring substituents is 1. The van der Waals surface area contributed by atoms with Crippen LogP contribution in [0.4, 0.5) is 5.69 Å². The summed E-state index contributed by atoms with van der Waals surface area (Å²) in [5.74, 6) is 0. The van der Waals surface area contributed by atoms with Crippen molar-refractivity contribution < 1.29 is 4.92 Å². The van der Waals surface area contributed by atoms with Gasteiger partial charge in [0.2, 0.25) is 0 Å². The normalized spacial score (nSPS) is 27.0. The van der Waals surface area contributed by atoms with Gasteiger partial charge >= 0.3 is 0 Å². The van der Waals surface area contributed by atoms with E-state index < -0.39 is 10.6 Å². The molecule has 1 aliphatic rings. The van der Waals surface area contributed by atoms with E-state index in [-0.39, 0.29) is 11.1 Å². The van der Waals surface area contributed by atoms with Crippen molar-refractivity contribution in [2.75, 3.05) is 6.54 Å². The molecule has 1 unspecified atom stereocenters. The number of nitro groups is 1. The molecule has 1 aromatic rings. The van der Waals surface area contributed by atoms with Gasteiger partial charge < -0.3 is 5.73 Å². The van der Waals surface area contributed by atoms with Crippen LogP contribution in [0.15, 0.2) is 24.3 Å². The summed E-state index contributed by atoms with van der Waals surface area (Å²) in [6.07, 6.45) is 0.817. The number of nitrogens with one attached hydrogen (secondary N) is 1. The topological polar surface area (TPSA) is 81.2 Å². The summed E-state index contributed by atoms with van der Waals surface area (Å²) in [6, 6.07) is 6.45. The lowest BCUT2D eigenvalue weighted by Gasteiger charge is -2.26. The van der Waals surface area contributed by atoms with E-state index in [0.717, 1.165) is 18.5 Å². The summed E-state index contributed by atoms with van der Waals surface area (Å²) in [5, 5.41) is 13.9. The van der Waals surface area contributed by atoms with Gasteiger partial charge in [-0.2, -0.15) is 0 Å². The van der Waals surface area contributed by atoms with Gasteiger partial charge in [-0.25, -0.2) is 0 Å². The van der Waals surface area contributed by atoms with Crippen molar-refractivity contribution in [3.05, 3.63) is 39.9 Å². The lowest BCUT2D eigenvalue weighted by Crippen LogP contribution is -2.45. The van der Waals surface area contributed by atoms with Crippen LogP contribution >= 0.6 is 0 Å². The van der Waals surface area contributed by atoms with Crippen LogP contribution in [0.5, 0.6) is 0 Å². The molecule has 0 aliphatic carbocycles. The fraction of sp³-hybridized carbons (Fsp3) is 0.500. The Bertz CT molecular complexity index is 442. The maximum atomic E-state index is 10.6. The van der Waals surface area contributed by atoms with Gasteiger partial charge in [-0.1, -0.05) is 13.8 Å². The first-order valence-corrected chi connectivity index (χ1v) is 5.61. The van der Waals surface area contributed by atoms with Crippen molar-refractivity contribution >= 4 is 5.69 Å². The van der Waals surface area contributed by atoms with E-state index in [1.807, 2.05) is 0 Å². The molecule has 2 rings (SSSR count). The van der Waals surface area contributed by atoms with E-state index in [9.17, 15) is 10.1 Å². The number of nitrogens with two attached hydrogens (primary N) is 1. The molecule has 0 radical (unpaired) electrons. The van der Waals surface area contributed by atoms with E-state index in [4.69, 9.17) is 5.73 Å². The molecule has 1 heterocycles. The molecular weight excluding hydrogens is 218 g/mol. The van der Waals surface area contributed by atoms with Crippen LogP contribution in [-0.4, -0.2) is 11.5 Å². The third kappa shape index (κ3) is 2.30. The number of hydrogen-bond acceptors (Lipinski definition) is 4. The molecule has 0 amide bonds. The van der Waals surface area contributed by atoms with Crippen molar-refractivity contribution in [2.24, 2.45) is 11.1 Å². The molecule has 1 atom stereocenters. The van der Waals surface area contributed by atoms with Gasteiger partial charge in [-0.3, -0.25) is 15.4 Å². The first-order chi connectivity index (χ1) is 7.82. The average Bonchev–Trinajstić information content (AvgIpc) is 2.54. The Kier molecular flexibility index (Phi) is 2.67. The van der Waals surface area contributed by atoms with Gasteiger partial charge in [0.15, 0.2) is 0 Å². The summed E-state index contributed by atoms with van der Waals surface area (Å²) in [4.78, 5) is 10.2. The fourth-order valence-corrected chi connectivity index (χ4v) is 2.36. The molecule has 0 spiro atoms. The Morgan fingerprint density at radius 2 is 1.94 bits per heavy atom. The highest BCUT2D eigenvalue weighted by molar-refractivity contribution is 5.36. The Hall–Kier alpha value is -1.46. The highest BCUT2D eigenvalue weighted by atomic mass is 16.6. The average molecular weight is 235 g/mol. The molecular formula is C12H17N3O2. The second kappa shape index (κ2) is 3.78. The Balaban J connectivity index is 2.26. The predicted molar refractivity (Wildman–Crippen MR) is 65.4 cm³/mol. The minimum Gasteiger partial charge on any atom is -0.309 e. The Morgan fingerprint density at radius 1 is 1.35 bits per heavy atom. The summed E-state index contributed by atoms with van der Waals surface area (Å²) in [5.41, 5.74) is 6.87. The molecule has 92 valence electrons. The van der Waals surface area contributed by atoms with Crippen molar-refractivity contribution in [2.45, 2.75) is 25.9 Å². The van der Waals surface area contributed by atoms with E-state index in [2.05, 4.69) is 19.2 Å². The first-order valence-electron chi connectivity index (χ1n) is 5.61. The summed E-state index contributed by atoms with van der Waals surface area (Å²) >= 11 is 0. The largest absolute Gasteiger partial charge is 0.309 e. The Morgan fingerprint density at radius 3 is 2.35 bits per heavy atom. The van der Waals surface area contributed by atoms with Gasteiger partial charge in [0, 0.05) is 18.7 Å². The molecule has 0 saturated carbocycles. The number of benzene rings is 1. The molecule has 17 heavy (non-hydrogen) atoms. The van der Waals surface area contributed by atoms with Crippen LogP contribution in [0.3, 0.4) is 0 Å². The molecule has 5 heteroatoms. The standard InChI is InChI=1S/C12H17N3O2/c1-11(2)7-12(13,14-8-11)9-3-5-10(6-4-9)15(16)17/h3-6,14H,7-8,13H2,1-2H3. The van der Waals surface area contributed by atoms with Crippen LogP contribution < -0.4 is 11.1 Å². The smallest absolute Gasteiger partial charge is 0.269 e. The van der Waals surface area contributed by atoms with Gasteiger partial charge in [-0.15, -0.1) is 0 Å². The maximum Gasteiger partial charge on any atom is 0.269 e. The zero-order valence-electron chi connectivity index (χ0n) is 10.1. The van der Waals surface area contributed by atoms with Gasteiger partial charge in [0.25, 0.3) is 5.69 Å². The third-order valence-corrected chi connectivity index (χ3v) is 3.23. The van der Waals surface area contributed by atoms with Crippen LogP contribution in [0.2, 0.25) is 0 Å². The number of non-ortho nitro benzene ring substituents is 1. The Labute approximate surface area is 100 Å². The minimum atomic E-state index is -0.571. The minimum absolute atomic E-state index is 0.0922. The van der Waals surface area contributed by atoms with Crippen molar-refractivity contribution in [3.63, 3.8) is 0 Å². The van der Waals surface area contributed by atoms with Crippen molar-refractivity contribution in [1.29, 1.82) is 0 Å². The van der Waals surface area contributed by atoms with Crippen LogP contribution in [0.25, 0.3) is 0 Å². The fourth-order valence-electron chi connectivity index (χ4n) is 2.36. The zero-order chi connectivity index (χ0) is 12.7. The maximum absolute atomic E-state index is 10.6. The van der Waals surface area contributed by atoms with E-state index in [1.165, 1.54) is 12.1 Å². The van der Waals surface area contributed by atoms with Gasteiger partial charge in [0.05, 0.1) is 10.6 Å². The van der Waals surface area contributed by atoms with Crippen LogP contribution in [-0.2, 0) is 5.66 Å². The van der Waals surface area contributed by atoms with E-state index in [0.29, 0.717) is 0 Å². The molecule has 0 aromatic heterocycles. The molecule has 5 nitrogen and oxygen atoms in total. The SMILES string of the molecule is CC1(C)CNC(N)(c2ccc([N+](=O)[O-])cc2)C1. The quantitative estimate of drug-likeness (QED) is 0.604. The monoisotopic (exact) mass is 235 g/mol. The van der Waals surface area contributed by atoms with E-state index in [1.54, 1.807) is 12.1 Å². The van der Waals surface area contributed by atoms with Crippen molar-refractivity contribution in [3.8, 4) is 0 Å². The van der Waals surface area contributed by atoms with E-state index >= 15 is 0 Å². The number of rotatable bonds is 2.